The van der Waals surface area contributed by atoms with Crippen molar-refractivity contribution in [3.05, 3.63) is 42.2 Å². The predicted molar refractivity (Wildman–Crippen MR) is 91.2 cm³/mol. The molecule has 0 aliphatic heterocycles. The van der Waals surface area contributed by atoms with E-state index >= 15 is 0 Å². The lowest BCUT2D eigenvalue weighted by Crippen LogP contribution is -2.23. The summed E-state index contributed by atoms with van der Waals surface area (Å²) in [6.07, 6.45) is 1.76. The van der Waals surface area contributed by atoms with E-state index in [4.69, 9.17) is 4.74 Å². The average molecular weight is 434 g/mol. The molecule has 112 valence electrons. The fourth-order valence-electron chi connectivity index (χ4n) is 1.96. The van der Waals surface area contributed by atoms with Gasteiger partial charge in [0.2, 0.25) is 0 Å². The molecule has 0 aliphatic carbocycles. The lowest BCUT2D eigenvalue weighted by Gasteiger charge is -2.12. The maximum atomic E-state index is 12.1. The molecule has 2 rings (SSSR count). The molecular weight excluding hydrogens is 420 g/mol. The zero-order valence-electron chi connectivity index (χ0n) is 11.8. The second kappa shape index (κ2) is 6.89. The minimum Gasteiger partial charge on any atom is -0.496 e. The number of halogens is 2. The first-order chi connectivity index (χ1) is 9.93. The zero-order chi connectivity index (χ0) is 15.6. The van der Waals surface area contributed by atoms with Gasteiger partial charge in [-0.25, -0.2) is 0 Å². The number of carbonyl (C=O) groups is 1. The summed E-state index contributed by atoms with van der Waals surface area (Å²) in [6, 6.07) is 1.79. The summed E-state index contributed by atoms with van der Waals surface area (Å²) in [4.78, 5) is 17.1. The average Bonchev–Trinajstić information content (AvgIpc) is 2.78. The van der Waals surface area contributed by atoms with Gasteiger partial charge in [-0.15, -0.1) is 11.3 Å². The molecule has 0 bridgehead atoms. The molecule has 1 N–H and O–H groups in total. The van der Waals surface area contributed by atoms with Gasteiger partial charge in [0.1, 0.15) is 5.75 Å². The highest BCUT2D eigenvalue weighted by Crippen LogP contribution is 2.32. The molecule has 0 radical (unpaired) electrons. The lowest BCUT2D eigenvalue weighted by atomic mass is 10.1. The maximum Gasteiger partial charge on any atom is 0.261 e. The Hall–Kier alpha value is -0.920. The Labute approximate surface area is 144 Å². The summed E-state index contributed by atoms with van der Waals surface area (Å²) in [5.74, 6) is 0.697. The first kappa shape index (κ1) is 16.5. The topological polar surface area (TPSA) is 51.2 Å². The number of carbonyl (C=O) groups excluding carboxylic acids is 1. The van der Waals surface area contributed by atoms with Crippen LogP contribution in [0.5, 0.6) is 5.75 Å². The number of ether oxygens (including phenoxy) is 1. The van der Waals surface area contributed by atoms with Gasteiger partial charge in [0.05, 0.1) is 28.0 Å². The molecule has 0 aliphatic rings. The molecule has 0 saturated heterocycles. The number of rotatable bonds is 4. The highest BCUT2D eigenvalue weighted by molar-refractivity contribution is 9.13. The Bertz CT molecular complexity index is 666. The molecule has 0 saturated carbocycles. The molecule has 0 aromatic carbocycles. The third-order valence-corrected chi connectivity index (χ3v) is 6.29. The van der Waals surface area contributed by atoms with Crippen molar-refractivity contribution in [2.45, 2.75) is 20.4 Å². The number of thiophene rings is 1. The summed E-state index contributed by atoms with van der Waals surface area (Å²) in [5, 5.41) is 2.88. The van der Waals surface area contributed by atoms with Gasteiger partial charge in [-0.2, -0.15) is 0 Å². The molecule has 2 aromatic rings. The second-order valence-corrected chi connectivity index (χ2v) is 7.69. The number of amides is 1. The van der Waals surface area contributed by atoms with Crippen molar-refractivity contribution in [2.75, 3.05) is 7.11 Å². The van der Waals surface area contributed by atoms with E-state index in [0.29, 0.717) is 11.4 Å². The molecule has 1 amide bonds. The number of hydrogen-bond acceptors (Lipinski definition) is 4. The second-order valence-electron chi connectivity index (χ2n) is 4.46. The zero-order valence-corrected chi connectivity index (χ0v) is 15.8. The number of hydrogen-bond donors (Lipinski definition) is 1. The monoisotopic (exact) mass is 432 g/mol. The number of aryl methyl sites for hydroxylation is 1. The van der Waals surface area contributed by atoms with E-state index in [-0.39, 0.29) is 5.91 Å². The number of methoxy groups -OCH3 is 1. The highest BCUT2D eigenvalue weighted by Gasteiger charge is 2.14. The van der Waals surface area contributed by atoms with E-state index in [0.717, 1.165) is 30.8 Å². The van der Waals surface area contributed by atoms with Crippen LogP contribution in [0.1, 0.15) is 26.5 Å². The number of nitrogens with zero attached hydrogens (tertiary/aromatic N) is 1. The third kappa shape index (κ3) is 3.64. The normalized spacial score (nSPS) is 10.5. The Kier molecular flexibility index (Phi) is 5.40. The van der Waals surface area contributed by atoms with Crippen LogP contribution in [0.3, 0.4) is 0 Å². The van der Waals surface area contributed by atoms with Crippen molar-refractivity contribution in [2.24, 2.45) is 0 Å². The Morgan fingerprint density at radius 1 is 1.43 bits per heavy atom. The van der Waals surface area contributed by atoms with E-state index in [2.05, 4.69) is 42.2 Å². The minimum absolute atomic E-state index is 0.118. The van der Waals surface area contributed by atoms with Crippen LogP contribution in [0.15, 0.2) is 20.5 Å². The molecule has 0 atom stereocenters. The molecular formula is C14H14Br2N2O2S. The van der Waals surface area contributed by atoms with Crippen LogP contribution in [0.4, 0.5) is 0 Å². The first-order valence-electron chi connectivity index (χ1n) is 6.16. The quantitative estimate of drug-likeness (QED) is 0.784. The summed E-state index contributed by atoms with van der Waals surface area (Å²) in [6.45, 7) is 4.26. The molecule has 0 fully saturated rings. The molecule has 2 heterocycles. The van der Waals surface area contributed by atoms with E-state index in [1.165, 1.54) is 11.3 Å². The van der Waals surface area contributed by atoms with Gasteiger partial charge in [-0.05, 0) is 51.8 Å². The van der Waals surface area contributed by atoms with E-state index in [1.807, 2.05) is 13.8 Å². The summed E-state index contributed by atoms with van der Waals surface area (Å²) in [7, 11) is 1.64. The van der Waals surface area contributed by atoms with Gasteiger partial charge in [0, 0.05) is 21.8 Å². The standard InChI is InChI=1S/C14H14Br2N2O2S/c1-7-5-17-10(8(2)12(7)20-3)6-18-14(19)11-4-9(15)13(16)21-11/h4-5H,6H2,1-3H3,(H,18,19). The van der Waals surface area contributed by atoms with Crippen LogP contribution >= 0.6 is 43.2 Å². The lowest BCUT2D eigenvalue weighted by molar-refractivity contribution is 0.0954. The van der Waals surface area contributed by atoms with Crippen LogP contribution in [0, 0.1) is 13.8 Å². The van der Waals surface area contributed by atoms with Crippen LogP contribution in [0.25, 0.3) is 0 Å². The fraction of sp³-hybridized carbons (Fsp3) is 0.286. The van der Waals surface area contributed by atoms with Gasteiger partial charge in [-0.3, -0.25) is 9.78 Å². The van der Waals surface area contributed by atoms with Crippen molar-refractivity contribution >= 4 is 49.1 Å². The molecule has 21 heavy (non-hydrogen) atoms. The number of nitrogens with one attached hydrogen (secondary N) is 1. The van der Waals surface area contributed by atoms with Gasteiger partial charge >= 0.3 is 0 Å². The van der Waals surface area contributed by atoms with E-state index in [1.54, 1.807) is 19.4 Å². The fourth-order valence-corrected chi connectivity index (χ4v) is 3.91. The predicted octanol–water partition coefficient (Wildman–Crippen LogP) is 4.22. The van der Waals surface area contributed by atoms with Crippen molar-refractivity contribution in [3.8, 4) is 5.75 Å². The SMILES string of the molecule is COc1c(C)cnc(CNC(=O)c2cc(Br)c(Br)s2)c1C. The van der Waals surface area contributed by atoms with E-state index in [9.17, 15) is 4.79 Å². The number of pyridine rings is 1. The summed E-state index contributed by atoms with van der Waals surface area (Å²) >= 11 is 8.14. The van der Waals surface area contributed by atoms with Gasteiger partial charge in [-0.1, -0.05) is 0 Å². The highest BCUT2D eigenvalue weighted by atomic mass is 79.9. The Morgan fingerprint density at radius 2 is 2.14 bits per heavy atom. The van der Waals surface area contributed by atoms with Crippen LogP contribution in [-0.2, 0) is 6.54 Å². The van der Waals surface area contributed by atoms with Crippen LogP contribution in [-0.4, -0.2) is 18.0 Å². The summed E-state index contributed by atoms with van der Waals surface area (Å²) < 4.78 is 7.14. The first-order valence-corrected chi connectivity index (χ1v) is 8.56. The molecule has 0 spiro atoms. The molecule has 2 aromatic heterocycles. The Morgan fingerprint density at radius 3 is 2.71 bits per heavy atom. The largest absolute Gasteiger partial charge is 0.496 e. The minimum atomic E-state index is -0.118. The molecule has 7 heteroatoms. The van der Waals surface area contributed by atoms with Crippen LogP contribution in [0.2, 0.25) is 0 Å². The van der Waals surface area contributed by atoms with Gasteiger partial charge < -0.3 is 10.1 Å². The smallest absolute Gasteiger partial charge is 0.261 e. The molecule has 4 nitrogen and oxygen atoms in total. The summed E-state index contributed by atoms with van der Waals surface area (Å²) in [5.41, 5.74) is 2.74. The van der Waals surface area contributed by atoms with Crippen molar-refractivity contribution in [1.82, 2.24) is 10.3 Å². The Balaban J connectivity index is 2.11. The van der Waals surface area contributed by atoms with Crippen molar-refractivity contribution in [1.29, 1.82) is 0 Å². The van der Waals surface area contributed by atoms with E-state index < -0.39 is 0 Å². The van der Waals surface area contributed by atoms with Crippen LogP contribution < -0.4 is 10.1 Å². The van der Waals surface area contributed by atoms with Crippen molar-refractivity contribution < 1.29 is 9.53 Å². The van der Waals surface area contributed by atoms with Crippen molar-refractivity contribution in [3.63, 3.8) is 0 Å². The number of aromatic nitrogens is 1. The maximum absolute atomic E-state index is 12.1. The van der Waals surface area contributed by atoms with Gasteiger partial charge in [0.15, 0.2) is 0 Å². The third-order valence-electron chi connectivity index (χ3n) is 3.04. The van der Waals surface area contributed by atoms with Gasteiger partial charge in [0.25, 0.3) is 5.91 Å². The molecule has 0 unspecified atom stereocenters.